The summed E-state index contributed by atoms with van der Waals surface area (Å²) in [6.07, 6.45) is -0.394. The Balaban J connectivity index is 1.71. The van der Waals surface area contributed by atoms with Crippen molar-refractivity contribution in [2.45, 2.75) is 13.5 Å². The normalized spacial score (nSPS) is 14.5. The fourth-order valence-electron chi connectivity index (χ4n) is 2.95. The molecule has 0 saturated carbocycles. The molecule has 138 valence electrons. The van der Waals surface area contributed by atoms with Crippen molar-refractivity contribution < 1.29 is 14.3 Å². The zero-order chi connectivity index (χ0) is 18.7. The van der Waals surface area contributed by atoms with Crippen molar-refractivity contribution in [1.82, 2.24) is 19.6 Å². The minimum Gasteiger partial charge on any atom is -0.450 e. The lowest BCUT2D eigenvalue weighted by Crippen LogP contribution is -2.52. The number of rotatable bonds is 3. The van der Waals surface area contributed by atoms with Gasteiger partial charge in [0, 0.05) is 26.2 Å². The maximum Gasteiger partial charge on any atom is 0.409 e. The first-order valence-corrected chi connectivity index (χ1v) is 8.42. The van der Waals surface area contributed by atoms with E-state index < -0.39 is 17.2 Å². The Bertz CT molecular complexity index is 940. The van der Waals surface area contributed by atoms with Gasteiger partial charge in [-0.1, -0.05) is 12.1 Å². The highest BCUT2D eigenvalue weighted by atomic mass is 16.6. The molecule has 1 aromatic carbocycles. The number of hydrogen-bond acceptors (Lipinski definition) is 5. The number of aromatic amines is 1. The monoisotopic (exact) mass is 360 g/mol. The summed E-state index contributed by atoms with van der Waals surface area (Å²) in [6, 6.07) is 6.47. The van der Waals surface area contributed by atoms with Crippen LogP contribution < -0.4 is 11.1 Å². The summed E-state index contributed by atoms with van der Waals surface area (Å²) in [5.41, 5.74) is -0.834. The van der Waals surface area contributed by atoms with Gasteiger partial charge < -0.3 is 14.5 Å². The number of H-pyrrole nitrogens is 1. The summed E-state index contributed by atoms with van der Waals surface area (Å²) in [6.45, 7) is 3.23. The van der Waals surface area contributed by atoms with Crippen LogP contribution in [0.5, 0.6) is 0 Å². The first-order chi connectivity index (χ1) is 12.5. The summed E-state index contributed by atoms with van der Waals surface area (Å²) >= 11 is 0. The lowest BCUT2D eigenvalue weighted by Gasteiger charge is -2.34. The van der Waals surface area contributed by atoms with E-state index in [0.29, 0.717) is 38.2 Å². The molecule has 1 fully saturated rings. The van der Waals surface area contributed by atoms with Crippen LogP contribution in [0.15, 0.2) is 33.9 Å². The van der Waals surface area contributed by atoms with Crippen LogP contribution in [-0.2, 0) is 16.1 Å². The fourth-order valence-corrected chi connectivity index (χ4v) is 2.95. The van der Waals surface area contributed by atoms with Gasteiger partial charge >= 0.3 is 6.09 Å². The van der Waals surface area contributed by atoms with Crippen molar-refractivity contribution in [3.05, 3.63) is 45.0 Å². The Labute approximate surface area is 148 Å². The largest absolute Gasteiger partial charge is 0.450 e. The second kappa shape index (κ2) is 7.42. The van der Waals surface area contributed by atoms with Crippen molar-refractivity contribution >= 4 is 22.8 Å². The Morgan fingerprint density at radius 2 is 1.65 bits per heavy atom. The lowest BCUT2D eigenvalue weighted by molar-refractivity contribution is -0.133. The van der Waals surface area contributed by atoms with Gasteiger partial charge in [-0.25, -0.2) is 9.48 Å². The first-order valence-electron chi connectivity index (χ1n) is 8.42. The number of ether oxygens (including phenoxy) is 1. The SMILES string of the molecule is CCOC(=O)N1CCN(C(=O)Cn2[nH]c(=O)c3ccccc3c2=O)CC1. The molecule has 2 amide bonds. The molecule has 9 heteroatoms. The summed E-state index contributed by atoms with van der Waals surface area (Å²) in [4.78, 5) is 51.8. The van der Waals surface area contributed by atoms with Crippen LogP contribution in [0, 0.1) is 0 Å². The van der Waals surface area contributed by atoms with Gasteiger partial charge in [0.2, 0.25) is 5.91 Å². The Kier molecular flexibility index (Phi) is 5.06. The van der Waals surface area contributed by atoms with Gasteiger partial charge in [-0.05, 0) is 19.1 Å². The molecule has 1 aliphatic rings. The number of nitrogens with zero attached hydrogens (tertiary/aromatic N) is 3. The molecule has 2 heterocycles. The van der Waals surface area contributed by atoms with E-state index in [1.54, 1.807) is 36.1 Å². The van der Waals surface area contributed by atoms with E-state index >= 15 is 0 Å². The topological polar surface area (TPSA) is 105 Å². The van der Waals surface area contributed by atoms with Gasteiger partial charge in [-0.2, -0.15) is 0 Å². The quantitative estimate of drug-likeness (QED) is 0.829. The second-order valence-corrected chi connectivity index (χ2v) is 5.94. The third kappa shape index (κ3) is 3.46. The van der Waals surface area contributed by atoms with E-state index in [9.17, 15) is 19.2 Å². The summed E-state index contributed by atoms with van der Waals surface area (Å²) in [7, 11) is 0. The summed E-state index contributed by atoms with van der Waals surface area (Å²) in [5, 5.41) is 3.02. The highest BCUT2D eigenvalue weighted by Crippen LogP contribution is 2.06. The highest BCUT2D eigenvalue weighted by molar-refractivity contribution is 5.81. The van der Waals surface area contributed by atoms with Crippen LogP contribution >= 0.6 is 0 Å². The average Bonchev–Trinajstić information content (AvgIpc) is 2.66. The van der Waals surface area contributed by atoms with Gasteiger partial charge in [-0.15, -0.1) is 0 Å². The van der Waals surface area contributed by atoms with Crippen molar-refractivity contribution in [3.8, 4) is 0 Å². The number of fused-ring (bicyclic) bond motifs is 1. The molecule has 1 saturated heterocycles. The zero-order valence-electron chi connectivity index (χ0n) is 14.4. The van der Waals surface area contributed by atoms with Crippen LogP contribution in [0.3, 0.4) is 0 Å². The summed E-state index contributed by atoms with van der Waals surface area (Å²) in [5.74, 6) is -0.290. The lowest BCUT2D eigenvalue weighted by atomic mass is 10.2. The Morgan fingerprint density at radius 3 is 2.31 bits per heavy atom. The van der Waals surface area contributed by atoms with Gasteiger partial charge in [0.25, 0.3) is 11.1 Å². The van der Waals surface area contributed by atoms with Crippen LogP contribution in [0.25, 0.3) is 10.8 Å². The predicted molar refractivity (Wildman–Crippen MR) is 94.0 cm³/mol. The minimum atomic E-state index is -0.418. The molecular formula is C17H20N4O5. The molecule has 0 atom stereocenters. The Morgan fingerprint density at radius 1 is 1.04 bits per heavy atom. The molecule has 0 aliphatic carbocycles. The molecular weight excluding hydrogens is 340 g/mol. The number of hydrogen-bond donors (Lipinski definition) is 1. The number of aromatic nitrogens is 2. The highest BCUT2D eigenvalue weighted by Gasteiger charge is 2.25. The molecule has 1 N–H and O–H groups in total. The first kappa shape index (κ1) is 17.7. The molecule has 1 aliphatic heterocycles. The maximum absolute atomic E-state index is 12.5. The maximum atomic E-state index is 12.5. The third-order valence-corrected chi connectivity index (χ3v) is 4.34. The molecule has 9 nitrogen and oxygen atoms in total. The van der Waals surface area contributed by atoms with Crippen LogP contribution in [0.2, 0.25) is 0 Å². The molecule has 26 heavy (non-hydrogen) atoms. The van der Waals surface area contributed by atoms with Crippen molar-refractivity contribution in [3.63, 3.8) is 0 Å². The molecule has 3 rings (SSSR count). The molecule has 0 unspecified atom stereocenters. The number of amides is 2. The van der Waals surface area contributed by atoms with E-state index in [2.05, 4.69) is 5.10 Å². The van der Waals surface area contributed by atoms with Crippen LogP contribution in [0.1, 0.15) is 6.92 Å². The van der Waals surface area contributed by atoms with E-state index in [1.807, 2.05) is 0 Å². The van der Waals surface area contributed by atoms with Crippen LogP contribution in [-0.4, -0.2) is 64.4 Å². The van der Waals surface area contributed by atoms with Gasteiger partial charge in [0.1, 0.15) is 6.54 Å². The average molecular weight is 360 g/mol. The zero-order valence-corrected chi connectivity index (χ0v) is 14.4. The number of nitrogens with one attached hydrogen (secondary N) is 1. The van der Waals surface area contributed by atoms with Gasteiger partial charge in [-0.3, -0.25) is 19.5 Å². The smallest absolute Gasteiger partial charge is 0.409 e. The van der Waals surface area contributed by atoms with Crippen LogP contribution in [0.4, 0.5) is 4.79 Å². The van der Waals surface area contributed by atoms with Crippen molar-refractivity contribution in [2.24, 2.45) is 0 Å². The van der Waals surface area contributed by atoms with E-state index in [4.69, 9.17) is 4.74 Å². The summed E-state index contributed by atoms with van der Waals surface area (Å²) < 4.78 is 5.97. The molecule has 1 aromatic heterocycles. The third-order valence-electron chi connectivity index (χ3n) is 4.34. The van der Waals surface area contributed by atoms with Crippen molar-refractivity contribution in [1.29, 1.82) is 0 Å². The predicted octanol–water partition coefficient (Wildman–Crippen LogP) is -0.00950. The standard InChI is InChI=1S/C17H20N4O5/c1-2-26-17(25)20-9-7-19(8-10-20)14(22)11-21-16(24)13-6-4-3-5-12(13)15(23)18-21/h3-6H,2,7-11H2,1H3,(H,18,23). The minimum absolute atomic E-state index is 0.252. The molecule has 0 radical (unpaired) electrons. The molecule has 2 aromatic rings. The number of carbonyl (C=O) groups excluding carboxylic acids is 2. The van der Waals surface area contributed by atoms with E-state index in [-0.39, 0.29) is 17.8 Å². The van der Waals surface area contributed by atoms with E-state index in [1.165, 1.54) is 4.90 Å². The Hall–Kier alpha value is -3.10. The number of piperazine rings is 1. The number of benzene rings is 1. The van der Waals surface area contributed by atoms with Crippen molar-refractivity contribution in [2.75, 3.05) is 32.8 Å². The number of carbonyl (C=O) groups is 2. The molecule has 0 spiro atoms. The molecule has 0 bridgehead atoms. The van der Waals surface area contributed by atoms with E-state index in [0.717, 1.165) is 4.68 Å². The van der Waals surface area contributed by atoms with Gasteiger partial charge in [0.05, 0.1) is 17.4 Å². The fraction of sp³-hybridized carbons (Fsp3) is 0.412. The second-order valence-electron chi connectivity index (χ2n) is 5.94. The van der Waals surface area contributed by atoms with Gasteiger partial charge in [0.15, 0.2) is 0 Å².